The molecule has 0 radical (unpaired) electrons. The molecule has 0 aromatic rings. The van der Waals surface area contributed by atoms with Crippen molar-refractivity contribution in [3.05, 3.63) is 0 Å². The molecular weight excluding hydrogens is 106 g/mol. The van der Waals surface area contributed by atoms with Crippen molar-refractivity contribution < 1.29 is 9.90 Å². The van der Waals surface area contributed by atoms with E-state index in [0.717, 1.165) is 0 Å². The van der Waals surface area contributed by atoms with Crippen molar-refractivity contribution in [2.24, 2.45) is 5.92 Å². The van der Waals surface area contributed by atoms with Gasteiger partial charge in [-0.25, -0.2) is 0 Å². The van der Waals surface area contributed by atoms with Gasteiger partial charge < -0.3 is 16.1 Å². The minimum Gasteiger partial charge on any atom is -0.550 e. The molecule has 0 heterocycles. The second kappa shape index (κ2) is 4.59. The molecular formula is C5H13NO2. The molecule has 0 aliphatic rings. The number of aliphatic carboxylic acids is 1. The summed E-state index contributed by atoms with van der Waals surface area (Å²) in [7, 11) is 0. The van der Waals surface area contributed by atoms with Gasteiger partial charge in [-0.1, -0.05) is 13.8 Å². The number of carbonyl (C=O) groups is 1. The number of rotatable bonds is 2. The molecule has 0 saturated heterocycles. The predicted molar refractivity (Wildman–Crippen MR) is 30.4 cm³/mol. The third kappa shape index (κ3) is 3.61. The van der Waals surface area contributed by atoms with Crippen molar-refractivity contribution in [3.63, 3.8) is 0 Å². The number of carboxylic acids is 1. The normalized spacial score (nSPS) is 11.8. The molecule has 0 spiro atoms. The highest BCUT2D eigenvalue weighted by Crippen LogP contribution is 1.95. The Morgan fingerprint density at radius 1 is 1.75 bits per heavy atom. The number of carboxylic acid groups (broad SMARTS) is 1. The third-order valence-electron chi connectivity index (χ3n) is 1.01. The Morgan fingerprint density at radius 2 is 2.12 bits per heavy atom. The number of hydrogen-bond donors (Lipinski definition) is 1. The molecule has 1 unspecified atom stereocenters. The van der Waals surface area contributed by atoms with Crippen LogP contribution in [0.25, 0.3) is 0 Å². The van der Waals surface area contributed by atoms with Crippen LogP contribution in [0.5, 0.6) is 0 Å². The summed E-state index contributed by atoms with van der Waals surface area (Å²) in [6, 6.07) is 0. The molecule has 0 aliphatic carbocycles. The Morgan fingerprint density at radius 3 is 2.12 bits per heavy atom. The molecule has 3 heteroatoms. The van der Waals surface area contributed by atoms with Crippen molar-refractivity contribution in [2.75, 3.05) is 0 Å². The van der Waals surface area contributed by atoms with E-state index >= 15 is 0 Å². The highest BCUT2D eigenvalue weighted by atomic mass is 16.4. The SMILES string of the molecule is CCC(C)C(=O)[O-].[NH4+]. The van der Waals surface area contributed by atoms with Crippen molar-refractivity contribution in [2.45, 2.75) is 20.3 Å². The van der Waals surface area contributed by atoms with Gasteiger partial charge in [0.1, 0.15) is 0 Å². The summed E-state index contributed by atoms with van der Waals surface area (Å²) in [6.07, 6.45) is 0.655. The fraction of sp³-hybridized carbons (Fsp3) is 0.800. The summed E-state index contributed by atoms with van der Waals surface area (Å²) in [5.74, 6) is -1.25. The summed E-state index contributed by atoms with van der Waals surface area (Å²) < 4.78 is 0. The van der Waals surface area contributed by atoms with E-state index in [4.69, 9.17) is 0 Å². The lowest BCUT2D eigenvalue weighted by Gasteiger charge is -2.06. The summed E-state index contributed by atoms with van der Waals surface area (Å²) in [5.41, 5.74) is 0. The van der Waals surface area contributed by atoms with E-state index in [1.165, 1.54) is 0 Å². The van der Waals surface area contributed by atoms with E-state index in [1.807, 2.05) is 6.92 Å². The molecule has 0 amide bonds. The molecule has 0 saturated carbocycles. The van der Waals surface area contributed by atoms with Crippen molar-refractivity contribution >= 4 is 5.97 Å². The minimum absolute atomic E-state index is 0. The predicted octanol–water partition coefficient (Wildman–Crippen LogP) is 0.159. The number of carbonyl (C=O) groups excluding carboxylic acids is 1. The first-order valence-electron chi connectivity index (χ1n) is 2.39. The monoisotopic (exact) mass is 119 g/mol. The first-order chi connectivity index (χ1) is 3.18. The maximum Gasteiger partial charge on any atom is 0.0442 e. The van der Waals surface area contributed by atoms with E-state index in [2.05, 4.69) is 0 Å². The van der Waals surface area contributed by atoms with Crippen LogP contribution in [-0.2, 0) is 4.79 Å². The van der Waals surface area contributed by atoms with Crippen LogP contribution in [0.3, 0.4) is 0 Å². The zero-order chi connectivity index (χ0) is 5.86. The van der Waals surface area contributed by atoms with Crippen LogP contribution in [0.4, 0.5) is 0 Å². The van der Waals surface area contributed by atoms with Crippen LogP contribution in [0, 0.1) is 5.92 Å². The van der Waals surface area contributed by atoms with Gasteiger partial charge in [-0.2, -0.15) is 0 Å². The lowest BCUT2D eigenvalue weighted by molar-refractivity contribution is -0.311. The molecule has 4 N–H and O–H groups in total. The summed E-state index contributed by atoms with van der Waals surface area (Å²) in [6.45, 7) is 3.45. The fourth-order valence-electron chi connectivity index (χ4n) is 0.167. The second-order valence-corrected chi connectivity index (χ2v) is 1.63. The maximum absolute atomic E-state index is 9.82. The molecule has 1 atom stereocenters. The molecule has 3 nitrogen and oxygen atoms in total. The average molecular weight is 119 g/mol. The van der Waals surface area contributed by atoms with E-state index in [9.17, 15) is 9.90 Å². The topological polar surface area (TPSA) is 76.6 Å². The lowest BCUT2D eigenvalue weighted by Crippen LogP contribution is -2.28. The largest absolute Gasteiger partial charge is 0.550 e. The highest BCUT2D eigenvalue weighted by molar-refractivity contribution is 5.66. The van der Waals surface area contributed by atoms with Gasteiger partial charge in [0.25, 0.3) is 0 Å². The van der Waals surface area contributed by atoms with Gasteiger partial charge >= 0.3 is 0 Å². The fourth-order valence-corrected chi connectivity index (χ4v) is 0.167. The summed E-state index contributed by atoms with van der Waals surface area (Å²) >= 11 is 0. The van der Waals surface area contributed by atoms with Gasteiger partial charge in [-0.15, -0.1) is 0 Å². The van der Waals surface area contributed by atoms with Crippen LogP contribution in [0.2, 0.25) is 0 Å². The minimum atomic E-state index is -0.956. The molecule has 0 fully saturated rings. The van der Waals surface area contributed by atoms with E-state index in [0.29, 0.717) is 6.42 Å². The zero-order valence-corrected chi connectivity index (χ0v) is 5.60. The Labute approximate surface area is 49.3 Å². The number of hydrogen-bond acceptors (Lipinski definition) is 2. The maximum atomic E-state index is 9.82. The molecule has 0 aliphatic heterocycles. The molecule has 0 bridgehead atoms. The second-order valence-electron chi connectivity index (χ2n) is 1.63. The van der Waals surface area contributed by atoms with E-state index < -0.39 is 5.97 Å². The van der Waals surface area contributed by atoms with Crippen molar-refractivity contribution in [3.8, 4) is 0 Å². The van der Waals surface area contributed by atoms with Gasteiger partial charge in [0.2, 0.25) is 0 Å². The molecule has 8 heavy (non-hydrogen) atoms. The lowest BCUT2D eigenvalue weighted by atomic mass is 10.1. The van der Waals surface area contributed by atoms with E-state index in [1.54, 1.807) is 6.92 Å². The highest BCUT2D eigenvalue weighted by Gasteiger charge is 1.94. The van der Waals surface area contributed by atoms with Crippen LogP contribution in [0.15, 0.2) is 0 Å². The van der Waals surface area contributed by atoms with Crippen LogP contribution < -0.4 is 11.3 Å². The quantitative estimate of drug-likeness (QED) is 0.562. The summed E-state index contributed by atoms with van der Waals surface area (Å²) in [5, 5.41) is 9.82. The summed E-state index contributed by atoms with van der Waals surface area (Å²) in [4.78, 5) is 9.82. The first kappa shape index (κ1) is 10.4. The van der Waals surface area contributed by atoms with Gasteiger partial charge in [0.15, 0.2) is 0 Å². The third-order valence-corrected chi connectivity index (χ3v) is 1.01. The van der Waals surface area contributed by atoms with Gasteiger partial charge in [0, 0.05) is 5.97 Å². The van der Waals surface area contributed by atoms with Crippen molar-refractivity contribution in [1.29, 1.82) is 0 Å². The standard InChI is InChI=1S/C5H10O2.H3N/c1-3-4(2)5(6)7;/h4H,3H2,1-2H3,(H,6,7);1H3. The Bertz CT molecular complexity index is 72.8. The Kier molecular flexibility index (Phi) is 5.97. The van der Waals surface area contributed by atoms with Gasteiger partial charge in [0.05, 0.1) is 0 Å². The van der Waals surface area contributed by atoms with Gasteiger partial charge in [-0.3, -0.25) is 0 Å². The van der Waals surface area contributed by atoms with Crippen LogP contribution in [-0.4, -0.2) is 5.97 Å². The van der Waals surface area contributed by atoms with Crippen LogP contribution in [0.1, 0.15) is 20.3 Å². The molecule has 50 valence electrons. The molecule has 0 rings (SSSR count). The van der Waals surface area contributed by atoms with Crippen LogP contribution >= 0.6 is 0 Å². The zero-order valence-electron chi connectivity index (χ0n) is 5.60. The Hall–Kier alpha value is -0.570. The van der Waals surface area contributed by atoms with E-state index in [-0.39, 0.29) is 12.1 Å². The first-order valence-corrected chi connectivity index (χ1v) is 2.39. The Balaban J connectivity index is 0. The van der Waals surface area contributed by atoms with Gasteiger partial charge in [-0.05, 0) is 12.3 Å². The molecule has 0 aromatic heterocycles. The smallest absolute Gasteiger partial charge is 0.0442 e. The van der Waals surface area contributed by atoms with Crippen molar-refractivity contribution in [1.82, 2.24) is 6.15 Å². The number of quaternary nitrogens is 1. The average Bonchev–Trinajstić information content (AvgIpc) is 1.65. The molecule has 0 aromatic carbocycles.